The molecule has 0 spiro atoms. The lowest BCUT2D eigenvalue weighted by Gasteiger charge is -2.69. The monoisotopic (exact) mass is 1060 g/mol. The minimum atomic E-state index is 0.000473. The van der Waals surface area contributed by atoms with Crippen LogP contribution in [0.15, 0.2) is 237 Å². The van der Waals surface area contributed by atoms with Crippen LogP contribution in [0, 0.1) is 0 Å². The summed E-state index contributed by atoms with van der Waals surface area (Å²) in [6, 6.07) is 89.0. The van der Waals surface area contributed by atoms with Gasteiger partial charge in [0.2, 0.25) is 0 Å². The fourth-order valence-electron chi connectivity index (χ4n) is 18.0. The van der Waals surface area contributed by atoms with Gasteiger partial charge in [0.1, 0.15) is 0 Å². The predicted octanol–water partition coefficient (Wildman–Crippen LogP) is 18.3. The number of fused-ring (bicyclic) bond motifs is 6. The van der Waals surface area contributed by atoms with Gasteiger partial charge in [-0.05, 0) is 171 Å². The molecular weight excluding hydrogens is 999 g/mol. The van der Waals surface area contributed by atoms with E-state index in [4.69, 9.17) is 14.2 Å². The maximum absolute atomic E-state index is 7.98. The van der Waals surface area contributed by atoms with E-state index < -0.39 is 0 Å². The molecule has 0 radical (unpaired) electrons. The van der Waals surface area contributed by atoms with Crippen LogP contribution in [0.25, 0.3) is 98.0 Å². The van der Waals surface area contributed by atoms with Crippen LogP contribution in [-0.4, -0.2) is 59.6 Å². The summed E-state index contributed by atoms with van der Waals surface area (Å²) < 4.78 is 23.9. The van der Waals surface area contributed by atoms with Gasteiger partial charge in [-0.1, -0.05) is 237 Å². The van der Waals surface area contributed by atoms with Crippen molar-refractivity contribution < 1.29 is 14.2 Å². The first-order valence-electron chi connectivity index (χ1n) is 30.4. The van der Waals surface area contributed by atoms with Gasteiger partial charge in [0.15, 0.2) is 0 Å². The second-order valence-electron chi connectivity index (χ2n) is 24.8. The van der Waals surface area contributed by atoms with E-state index in [1.54, 1.807) is 0 Å². The van der Waals surface area contributed by atoms with E-state index in [9.17, 15) is 0 Å². The van der Waals surface area contributed by atoms with Crippen molar-refractivity contribution in [2.24, 2.45) is 0 Å². The Labute approximate surface area is 478 Å². The third-order valence-electron chi connectivity index (χ3n) is 20.8. The molecule has 398 valence electrons. The van der Waals surface area contributed by atoms with Gasteiger partial charge in [-0.25, -0.2) is 0 Å². The highest BCUT2D eigenvalue weighted by Gasteiger charge is 2.65. The van der Waals surface area contributed by atoms with E-state index in [-0.39, 0.29) is 72.5 Å². The largest absolute Gasteiger partial charge is 0.371 e. The first-order chi connectivity index (χ1) is 40.7. The van der Waals surface area contributed by atoms with E-state index in [0.717, 1.165) is 38.5 Å². The lowest BCUT2D eigenvalue weighted by molar-refractivity contribution is -0.336. The lowest BCUT2D eigenvalue weighted by atomic mass is 9.65. The minimum absolute atomic E-state index is 0.000473. The van der Waals surface area contributed by atoms with Gasteiger partial charge in [0.05, 0.1) is 54.7 Å². The Hall–Kier alpha value is -7.96. The van der Waals surface area contributed by atoms with Gasteiger partial charge >= 0.3 is 0 Å². The van der Waals surface area contributed by atoms with Crippen LogP contribution in [0.5, 0.6) is 0 Å². The first-order valence-corrected chi connectivity index (χ1v) is 30.4. The van der Waals surface area contributed by atoms with Gasteiger partial charge < -0.3 is 14.2 Å². The van der Waals surface area contributed by atoms with Gasteiger partial charge in [-0.3, -0.25) is 4.90 Å². The van der Waals surface area contributed by atoms with Crippen molar-refractivity contribution in [3.63, 3.8) is 0 Å². The molecule has 4 nitrogen and oxygen atoms in total. The number of hydrogen-bond donors (Lipinski definition) is 0. The molecule has 3 aliphatic heterocycles. The van der Waals surface area contributed by atoms with Gasteiger partial charge in [-0.2, -0.15) is 0 Å². The maximum atomic E-state index is 7.98. The zero-order chi connectivity index (χ0) is 53.6. The van der Waals surface area contributed by atoms with Crippen LogP contribution >= 0.6 is 0 Å². The molecule has 12 aromatic rings. The fourth-order valence-corrected chi connectivity index (χ4v) is 18.0. The Bertz CT molecular complexity index is 3840. The molecule has 6 fully saturated rings. The molecule has 0 amide bonds. The van der Waals surface area contributed by atoms with Crippen LogP contribution < -0.4 is 0 Å². The van der Waals surface area contributed by atoms with Gasteiger partial charge in [-0.15, -0.1) is 0 Å². The summed E-state index contributed by atoms with van der Waals surface area (Å²) in [6.07, 6.45) is 5.71. The predicted molar refractivity (Wildman–Crippen MR) is 336 cm³/mol. The van der Waals surface area contributed by atoms with E-state index in [1.165, 1.54) is 115 Å². The van der Waals surface area contributed by atoms with Crippen molar-refractivity contribution in [2.45, 2.75) is 111 Å². The molecular formula is C78H63NO3. The molecule has 6 atom stereocenters. The molecule has 0 N–H and O–H groups in total. The Morgan fingerprint density at radius 2 is 0.402 bits per heavy atom. The van der Waals surface area contributed by atoms with Crippen LogP contribution in [0.3, 0.4) is 0 Å². The molecule has 18 rings (SSSR count). The summed E-state index contributed by atoms with van der Waals surface area (Å²) in [4.78, 5) is 3.05. The van der Waals surface area contributed by atoms with Crippen molar-refractivity contribution >= 4 is 64.6 Å². The summed E-state index contributed by atoms with van der Waals surface area (Å²) in [6.45, 7) is 0. The van der Waals surface area contributed by atoms with E-state index in [2.05, 4.69) is 241 Å². The Morgan fingerprint density at radius 1 is 0.220 bits per heavy atom. The molecule has 12 aromatic carbocycles. The highest BCUT2D eigenvalue weighted by molar-refractivity contribution is 6.18. The average molecular weight is 1060 g/mol. The minimum Gasteiger partial charge on any atom is -0.371 e. The molecule has 3 heterocycles. The maximum Gasteiger partial charge on any atom is 0.0766 e. The third kappa shape index (κ3) is 7.12. The summed E-state index contributed by atoms with van der Waals surface area (Å²) in [5, 5.41) is 16.0. The van der Waals surface area contributed by atoms with E-state index in [1.807, 2.05) is 0 Å². The van der Waals surface area contributed by atoms with Gasteiger partial charge in [0.25, 0.3) is 0 Å². The zero-order valence-corrected chi connectivity index (χ0v) is 45.9. The molecule has 0 aromatic heterocycles. The number of ether oxygens (including phenoxy) is 3. The second kappa shape index (κ2) is 18.8. The van der Waals surface area contributed by atoms with Crippen molar-refractivity contribution in [3.8, 4) is 33.4 Å². The second-order valence-corrected chi connectivity index (χ2v) is 24.8. The van der Waals surface area contributed by atoms with Crippen LogP contribution in [-0.2, 0) is 14.2 Å². The summed E-state index contributed by atoms with van der Waals surface area (Å²) >= 11 is 0. The van der Waals surface area contributed by atoms with Gasteiger partial charge in [0, 0.05) is 0 Å². The van der Waals surface area contributed by atoms with Crippen LogP contribution in [0.1, 0.15) is 73.0 Å². The molecule has 3 aliphatic carbocycles. The summed E-state index contributed by atoms with van der Waals surface area (Å²) in [5.74, 6) is 0.673. The third-order valence-corrected chi connectivity index (χ3v) is 20.8. The highest BCUT2D eigenvalue weighted by atomic mass is 16.5. The molecule has 3 saturated carbocycles. The number of rotatable bonds is 6. The standard InChI is InChI=1S/C78H63NO3/c1-4-22-46(23-5-1)70-52-28-10-16-34-58(52)73(59-35-17-11-29-53(59)70)49-40-64-76-65(41-49)81-67-43-51(75-62-38-20-14-32-56(62)72(48-26-8-3-9-27-48)57-33-15-21-39-63(57)75)45-69-78(67)79(76)77-66(80-64)42-50(44-68(77)82-69)74-60-36-18-12-30-54(60)71(47-24-6-2-7-25-47)55-31-13-19-37-61(55)74/h1-39,49-51,64-69,76-78H,40-45H2. The SMILES string of the molecule is c1ccc(-c2c3ccccc3c(C3CC4OC5CC(c6c7ccccc7c(-c7ccccc7)c7ccccc67)CC6OC7CC(c8c9ccccc9c(-c9ccccc9)c9ccccc89)CC8OC(C3)C4N(C56)C87)c3ccccc23)cc1. The van der Waals surface area contributed by atoms with Crippen molar-refractivity contribution in [1.29, 1.82) is 0 Å². The van der Waals surface area contributed by atoms with Crippen molar-refractivity contribution in [2.75, 3.05) is 0 Å². The Balaban J connectivity index is 0.811. The average Bonchev–Trinajstić information content (AvgIpc) is 1.44. The normalized spacial score (nSPS) is 27.5. The van der Waals surface area contributed by atoms with Crippen molar-refractivity contribution in [3.05, 3.63) is 253 Å². The topological polar surface area (TPSA) is 30.9 Å². The number of hydrogen-bond acceptors (Lipinski definition) is 4. The van der Waals surface area contributed by atoms with Crippen LogP contribution in [0.2, 0.25) is 0 Å². The zero-order valence-electron chi connectivity index (χ0n) is 45.9. The fraction of sp³-hybridized carbons (Fsp3) is 0.231. The smallest absolute Gasteiger partial charge is 0.0766 e. The molecule has 82 heavy (non-hydrogen) atoms. The molecule has 4 heteroatoms. The number of benzene rings is 12. The Kier molecular flexibility index (Phi) is 10.9. The van der Waals surface area contributed by atoms with E-state index in [0.29, 0.717) is 0 Å². The highest BCUT2D eigenvalue weighted by Crippen LogP contribution is 2.59. The number of nitrogens with zero attached hydrogens (tertiary/aromatic N) is 1. The van der Waals surface area contributed by atoms with E-state index >= 15 is 0 Å². The number of morpholine rings is 3. The van der Waals surface area contributed by atoms with Crippen LogP contribution in [0.4, 0.5) is 0 Å². The molecule has 0 bridgehead atoms. The Morgan fingerprint density at radius 3 is 0.610 bits per heavy atom. The molecule has 6 unspecified atom stereocenters. The summed E-state index contributed by atoms with van der Waals surface area (Å²) in [7, 11) is 0. The van der Waals surface area contributed by atoms with Crippen molar-refractivity contribution in [1.82, 2.24) is 4.90 Å². The molecule has 6 aliphatic rings. The quantitative estimate of drug-likeness (QED) is 0.155. The lowest BCUT2D eigenvalue weighted by Crippen LogP contribution is -2.81. The first kappa shape index (κ1) is 47.7. The summed E-state index contributed by atoms with van der Waals surface area (Å²) in [5.41, 5.74) is 12.1. The molecule has 3 saturated heterocycles.